The number of benzene rings is 2. The lowest BCUT2D eigenvalue weighted by Crippen LogP contribution is -2.27. The van der Waals surface area contributed by atoms with Crippen LogP contribution < -0.4 is 10.1 Å². The van der Waals surface area contributed by atoms with E-state index in [1.165, 1.54) is 19.3 Å². The topological polar surface area (TPSA) is 79.5 Å². The minimum atomic E-state index is -0.563. The molecule has 2 aliphatic rings. The number of amides is 1. The van der Waals surface area contributed by atoms with Gasteiger partial charge in [0.1, 0.15) is 24.0 Å². The number of nitrogens with zero attached hydrogens (tertiary/aromatic N) is 3. The molecule has 1 saturated heterocycles. The molecule has 3 aromatic rings. The normalized spacial score (nSPS) is 16.4. The maximum Gasteiger partial charge on any atom is 0.412 e. The van der Waals surface area contributed by atoms with Gasteiger partial charge in [0.2, 0.25) is 0 Å². The molecule has 37 heavy (non-hydrogen) atoms. The number of likely N-dealkylation sites (tertiary alicyclic amines) is 1. The summed E-state index contributed by atoms with van der Waals surface area (Å²) >= 11 is 0. The van der Waals surface area contributed by atoms with E-state index in [-0.39, 0.29) is 0 Å². The molecule has 0 spiro atoms. The molecule has 1 aromatic heterocycles. The number of carbonyl (C=O) groups excluding carboxylic acids is 1. The minimum absolute atomic E-state index is 0.360. The first kappa shape index (κ1) is 25.2. The smallest absolute Gasteiger partial charge is 0.412 e. The summed E-state index contributed by atoms with van der Waals surface area (Å²) < 4.78 is 13.8. The van der Waals surface area contributed by atoms with Gasteiger partial charge in [-0.15, -0.1) is 0 Å². The number of rotatable bonds is 7. The molecular weight excluding hydrogens is 464 g/mol. The van der Waals surface area contributed by atoms with Gasteiger partial charge >= 0.3 is 6.09 Å². The lowest BCUT2D eigenvalue weighted by Gasteiger charge is -2.30. The van der Waals surface area contributed by atoms with E-state index in [9.17, 15) is 10.1 Å². The lowest BCUT2D eigenvalue weighted by atomic mass is 9.92. The van der Waals surface area contributed by atoms with Crippen molar-refractivity contribution in [2.45, 2.75) is 64.5 Å². The Morgan fingerprint density at radius 2 is 1.81 bits per heavy atom. The zero-order chi connectivity index (χ0) is 26.0. The summed E-state index contributed by atoms with van der Waals surface area (Å²) in [6.45, 7) is 9.44. The predicted molar refractivity (Wildman–Crippen MR) is 146 cm³/mol. The highest BCUT2D eigenvalue weighted by atomic mass is 16.6. The zero-order valence-corrected chi connectivity index (χ0v) is 22.0. The summed E-state index contributed by atoms with van der Waals surface area (Å²) in [5.74, 6) is 0.845. The number of nitrogens with one attached hydrogen (secondary N) is 1. The molecule has 5 rings (SSSR count). The summed E-state index contributed by atoms with van der Waals surface area (Å²) in [5.41, 5.74) is 3.69. The van der Waals surface area contributed by atoms with Crippen LogP contribution >= 0.6 is 0 Å². The molecule has 0 atom stereocenters. The third-order valence-corrected chi connectivity index (χ3v) is 7.21. The number of nitriles is 1. The second kappa shape index (κ2) is 10.5. The number of ether oxygens (including phenoxy) is 2. The Kier molecular flexibility index (Phi) is 7.12. The van der Waals surface area contributed by atoms with Gasteiger partial charge in [0.05, 0.1) is 16.8 Å². The van der Waals surface area contributed by atoms with Crippen LogP contribution in [-0.2, 0) is 4.74 Å². The number of aromatic nitrogens is 1. The van der Waals surface area contributed by atoms with Crippen molar-refractivity contribution in [1.29, 1.82) is 5.26 Å². The van der Waals surface area contributed by atoms with Crippen molar-refractivity contribution >= 4 is 22.7 Å². The molecule has 1 saturated carbocycles. The first-order valence-electron chi connectivity index (χ1n) is 13.4. The monoisotopic (exact) mass is 500 g/mol. The molecule has 7 heteroatoms. The standard InChI is InChI=1S/C30H36N4O3/c1-30(2,3)37-29(35)32-22-11-9-21(10-12-22)28-26(20-31)25-14-13-24(36-18-17-33-15-4-5-16-33)19-27(25)34(28)23-7-6-8-23/h9-14,19,23H,4-8,15-18H2,1-3H3,(H,32,35). The Balaban J connectivity index is 1.44. The van der Waals surface area contributed by atoms with Gasteiger partial charge in [-0.25, -0.2) is 4.79 Å². The van der Waals surface area contributed by atoms with E-state index >= 15 is 0 Å². The summed E-state index contributed by atoms with van der Waals surface area (Å²) in [6.07, 6.45) is 5.45. The van der Waals surface area contributed by atoms with E-state index in [1.807, 2.05) is 57.2 Å². The fourth-order valence-electron chi connectivity index (χ4n) is 5.23. The molecule has 0 radical (unpaired) electrons. The van der Waals surface area contributed by atoms with E-state index in [0.717, 1.165) is 60.4 Å². The molecule has 2 heterocycles. The van der Waals surface area contributed by atoms with Crippen LogP contribution in [0, 0.1) is 11.3 Å². The summed E-state index contributed by atoms with van der Waals surface area (Å²) in [4.78, 5) is 14.6. The molecule has 194 valence electrons. The highest BCUT2D eigenvalue weighted by Gasteiger charge is 2.28. The van der Waals surface area contributed by atoms with Gasteiger partial charge in [0, 0.05) is 29.7 Å². The van der Waals surface area contributed by atoms with Gasteiger partial charge < -0.3 is 14.0 Å². The molecular formula is C30H36N4O3. The maximum absolute atomic E-state index is 12.2. The van der Waals surface area contributed by atoms with Crippen LogP contribution in [-0.4, -0.2) is 47.4 Å². The fraction of sp³-hybridized carbons (Fsp3) is 0.467. The predicted octanol–water partition coefficient (Wildman–Crippen LogP) is 6.73. The molecule has 0 unspecified atom stereocenters. The van der Waals surface area contributed by atoms with Crippen LogP contribution in [0.2, 0.25) is 0 Å². The van der Waals surface area contributed by atoms with Crippen molar-refractivity contribution < 1.29 is 14.3 Å². The quantitative estimate of drug-likeness (QED) is 0.389. The van der Waals surface area contributed by atoms with Crippen LogP contribution in [0.5, 0.6) is 5.75 Å². The third-order valence-electron chi connectivity index (χ3n) is 7.21. The Bertz CT molecular complexity index is 1300. The molecule has 7 nitrogen and oxygen atoms in total. The summed E-state index contributed by atoms with van der Waals surface area (Å²) in [6, 6.07) is 16.6. The number of fused-ring (bicyclic) bond motifs is 1. The average molecular weight is 501 g/mol. The molecule has 1 aliphatic carbocycles. The first-order chi connectivity index (χ1) is 17.8. The zero-order valence-electron chi connectivity index (χ0n) is 22.0. The van der Waals surface area contributed by atoms with Gasteiger partial charge in [0.15, 0.2) is 0 Å². The van der Waals surface area contributed by atoms with Crippen molar-refractivity contribution in [3.63, 3.8) is 0 Å². The second-order valence-corrected chi connectivity index (χ2v) is 11.1. The Hall–Kier alpha value is -3.50. The lowest BCUT2D eigenvalue weighted by molar-refractivity contribution is 0.0636. The molecule has 2 fully saturated rings. The number of hydrogen-bond donors (Lipinski definition) is 1. The highest BCUT2D eigenvalue weighted by molar-refractivity contribution is 5.96. The Morgan fingerprint density at radius 1 is 1.08 bits per heavy atom. The van der Waals surface area contributed by atoms with E-state index in [1.54, 1.807) is 0 Å². The highest BCUT2D eigenvalue weighted by Crippen LogP contribution is 2.43. The minimum Gasteiger partial charge on any atom is -0.492 e. The van der Waals surface area contributed by atoms with Gasteiger partial charge in [-0.3, -0.25) is 10.2 Å². The molecule has 1 aliphatic heterocycles. The SMILES string of the molecule is CC(C)(C)OC(=O)Nc1ccc(-c2c(C#N)c3ccc(OCCN4CCCC4)cc3n2C2CCC2)cc1. The van der Waals surface area contributed by atoms with Gasteiger partial charge in [-0.2, -0.15) is 5.26 Å². The van der Waals surface area contributed by atoms with Crippen LogP contribution in [0.25, 0.3) is 22.2 Å². The Morgan fingerprint density at radius 3 is 2.43 bits per heavy atom. The van der Waals surface area contributed by atoms with Gasteiger partial charge in [-0.1, -0.05) is 12.1 Å². The summed E-state index contributed by atoms with van der Waals surface area (Å²) in [7, 11) is 0. The first-order valence-corrected chi connectivity index (χ1v) is 13.4. The van der Waals surface area contributed by atoms with Crippen molar-refractivity contribution in [2.75, 3.05) is 31.6 Å². The van der Waals surface area contributed by atoms with Crippen molar-refractivity contribution in [3.8, 4) is 23.1 Å². The largest absolute Gasteiger partial charge is 0.492 e. The Labute approximate surface area is 219 Å². The van der Waals surface area contributed by atoms with Crippen LogP contribution in [0.3, 0.4) is 0 Å². The third kappa shape index (κ3) is 5.60. The fourth-order valence-corrected chi connectivity index (χ4v) is 5.23. The van der Waals surface area contributed by atoms with E-state index in [4.69, 9.17) is 9.47 Å². The molecule has 1 N–H and O–H groups in total. The van der Waals surface area contributed by atoms with Crippen molar-refractivity contribution in [1.82, 2.24) is 9.47 Å². The number of carbonyl (C=O) groups is 1. The van der Waals surface area contributed by atoms with E-state index in [0.29, 0.717) is 23.9 Å². The second-order valence-electron chi connectivity index (χ2n) is 11.1. The van der Waals surface area contributed by atoms with E-state index < -0.39 is 11.7 Å². The maximum atomic E-state index is 12.2. The molecule has 2 aromatic carbocycles. The van der Waals surface area contributed by atoms with Crippen molar-refractivity contribution in [3.05, 3.63) is 48.0 Å². The van der Waals surface area contributed by atoms with Crippen LogP contribution in [0.15, 0.2) is 42.5 Å². The van der Waals surface area contributed by atoms with E-state index in [2.05, 4.69) is 26.9 Å². The summed E-state index contributed by atoms with van der Waals surface area (Å²) in [5, 5.41) is 13.9. The van der Waals surface area contributed by atoms with Gasteiger partial charge in [0.25, 0.3) is 0 Å². The average Bonchev–Trinajstić information content (AvgIpc) is 3.43. The van der Waals surface area contributed by atoms with Gasteiger partial charge in [-0.05, 0) is 95.8 Å². The van der Waals surface area contributed by atoms with Crippen LogP contribution in [0.1, 0.15) is 64.5 Å². The van der Waals surface area contributed by atoms with Crippen LogP contribution in [0.4, 0.5) is 10.5 Å². The number of hydrogen-bond acceptors (Lipinski definition) is 5. The molecule has 0 bridgehead atoms. The number of anilines is 1. The molecule has 1 amide bonds. The van der Waals surface area contributed by atoms with Crippen molar-refractivity contribution in [2.24, 2.45) is 0 Å².